The van der Waals surface area contributed by atoms with Gasteiger partial charge in [-0.25, -0.2) is 4.39 Å². The monoisotopic (exact) mass is 381 g/mol. The molecule has 2 aliphatic heterocycles. The maximum absolute atomic E-state index is 13.3. The minimum atomic E-state index is -0.325. The molecule has 0 saturated carbocycles. The van der Waals surface area contributed by atoms with Gasteiger partial charge in [0.05, 0.1) is 11.3 Å². The molecule has 146 valence electrons. The standard InChI is InChI=1S/C22H24FN3O2/c1-25-19-13-16(21(27)24-14-15-6-5-7-17(23)12-15)9-10-18(19)22(28)26-11-4-2-3-8-20(25)26/h5-7,9-10,12-13,20H,2-4,8,11,14H2,1H3,(H,24,27). The van der Waals surface area contributed by atoms with E-state index in [9.17, 15) is 14.0 Å². The molecule has 1 saturated heterocycles. The first kappa shape index (κ1) is 18.5. The van der Waals surface area contributed by atoms with Gasteiger partial charge in [0.2, 0.25) is 0 Å². The lowest BCUT2D eigenvalue weighted by molar-refractivity contribution is 0.0661. The lowest BCUT2D eigenvalue weighted by Crippen LogP contribution is -2.53. The van der Waals surface area contributed by atoms with Gasteiger partial charge >= 0.3 is 0 Å². The normalized spacial score (nSPS) is 18.9. The number of rotatable bonds is 3. The lowest BCUT2D eigenvalue weighted by Gasteiger charge is -2.43. The first-order valence-electron chi connectivity index (χ1n) is 9.75. The topological polar surface area (TPSA) is 52.7 Å². The zero-order valence-corrected chi connectivity index (χ0v) is 16.0. The first-order chi connectivity index (χ1) is 13.5. The van der Waals surface area contributed by atoms with Crippen LogP contribution in [-0.2, 0) is 6.54 Å². The van der Waals surface area contributed by atoms with E-state index in [-0.39, 0.29) is 30.3 Å². The van der Waals surface area contributed by atoms with E-state index in [1.807, 2.05) is 11.9 Å². The summed E-state index contributed by atoms with van der Waals surface area (Å²) in [6.45, 7) is 1.03. The third kappa shape index (κ3) is 3.46. The summed E-state index contributed by atoms with van der Waals surface area (Å²) in [5.41, 5.74) is 2.64. The molecule has 28 heavy (non-hydrogen) atoms. The third-order valence-electron chi connectivity index (χ3n) is 5.64. The molecule has 6 heteroatoms. The molecule has 2 aromatic rings. The Morgan fingerprint density at radius 2 is 2.04 bits per heavy atom. The van der Waals surface area contributed by atoms with Crippen LogP contribution in [0, 0.1) is 5.82 Å². The number of carbonyl (C=O) groups is 2. The molecule has 0 bridgehead atoms. The van der Waals surface area contributed by atoms with Crippen LogP contribution >= 0.6 is 0 Å². The maximum Gasteiger partial charge on any atom is 0.257 e. The fourth-order valence-electron chi connectivity index (χ4n) is 4.12. The van der Waals surface area contributed by atoms with Crippen LogP contribution in [0.4, 0.5) is 10.1 Å². The summed E-state index contributed by atoms with van der Waals surface area (Å²) in [5.74, 6) is -0.517. The van der Waals surface area contributed by atoms with Crippen LogP contribution in [0.5, 0.6) is 0 Å². The van der Waals surface area contributed by atoms with Crippen molar-refractivity contribution in [3.8, 4) is 0 Å². The Bertz CT molecular complexity index is 914. The molecular weight excluding hydrogens is 357 g/mol. The zero-order valence-electron chi connectivity index (χ0n) is 16.0. The van der Waals surface area contributed by atoms with Crippen molar-refractivity contribution in [2.24, 2.45) is 0 Å². The molecular formula is C22H24FN3O2. The lowest BCUT2D eigenvalue weighted by atomic mass is 10.0. The van der Waals surface area contributed by atoms with E-state index < -0.39 is 0 Å². The second-order valence-electron chi connectivity index (χ2n) is 7.48. The molecule has 0 aromatic heterocycles. The summed E-state index contributed by atoms with van der Waals surface area (Å²) in [6, 6.07) is 11.4. The average molecular weight is 381 g/mol. The Balaban J connectivity index is 1.55. The summed E-state index contributed by atoms with van der Waals surface area (Å²) in [5, 5.41) is 2.82. The molecule has 0 spiro atoms. The van der Waals surface area contributed by atoms with E-state index >= 15 is 0 Å². The minimum absolute atomic E-state index is 0.0479. The molecule has 4 rings (SSSR count). The van der Waals surface area contributed by atoms with Gasteiger partial charge in [-0.2, -0.15) is 0 Å². The second-order valence-corrected chi connectivity index (χ2v) is 7.48. The Labute approximate surface area is 164 Å². The minimum Gasteiger partial charge on any atom is -0.354 e. The van der Waals surface area contributed by atoms with Crippen LogP contribution in [0.2, 0.25) is 0 Å². The molecule has 5 nitrogen and oxygen atoms in total. The predicted octanol–water partition coefficient (Wildman–Crippen LogP) is 3.55. The molecule has 2 aromatic carbocycles. The van der Waals surface area contributed by atoms with Crippen LogP contribution in [0.1, 0.15) is 52.0 Å². The Morgan fingerprint density at radius 1 is 1.18 bits per heavy atom. The summed E-state index contributed by atoms with van der Waals surface area (Å²) in [7, 11) is 1.99. The fraction of sp³-hybridized carbons (Fsp3) is 0.364. The molecule has 1 unspecified atom stereocenters. The van der Waals surface area contributed by atoms with Gasteiger partial charge in [-0.3, -0.25) is 9.59 Å². The molecule has 1 atom stereocenters. The van der Waals surface area contributed by atoms with E-state index in [4.69, 9.17) is 0 Å². The molecule has 0 aliphatic carbocycles. The van der Waals surface area contributed by atoms with Gasteiger partial charge in [0, 0.05) is 25.7 Å². The summed E-state index contributed by atoms with van der Waals surface area (Å²) in [4.78, 5) is 29.6. The zero-order chi connectivity index (χ0) is 19.7. The van der Waals surface area contributed by atoms with E-state index in [1.165, 1.54) is 12.1 Å². The van der Waals surface area contributed by atoms with Gasteiger partial charge < -0.3 is 15.1 Å². The van der Waals surface area contributed by atoms with Crippen LogP contribution in [0.3, 0.4) is 0 Å². The highest BCUT2D eigenvalue weighted by Crippen LogP contribution is 2.34. The number of amides is 2. The summed E-state index contributed by atoms with van der Waals surface area (Å²) >= 11 is 0. The van der Waals surface area contributed by atoms with Crippen molar-refractivity contribution in [1.29, 1.82) is 0 Å². The second kappa shape index (κ2) is 7.62. The Kier molecular flexibility index (Phi) is 5.03. The molecule has 0 radical (unpaired) electrons. The van der Waals surface area contributed by atoms with Gasteiger partial charge in [-0.1, -0.05) is 18.6 Å². The highest BCUT2D eigenvalue weighted by molar-refractivity contribution is 6.04. The van der Waals surface area contributed by atoms with Crippen molar-refractivity contribution in [2.45, 2.75) is 38.4 Å². The van der Waals surface area contributed by atoms with Crippen molar-refractivity contribution in [2.75, 3.05) is 18.5 Å². The van der Waals surface area contributed by atoms with E-state index in [0.29, 0.717) is 16.7 Å². The number of benzene rings is 2. The number of nitrogens with zero attached hydrogens (tertiary/aromatic N) is 2. The quantitative estimate of drug-likeness (QED) is 0.885. The van der Waals surface area contributed by atoms with Crippen LogP contribution < -0.4 is 10.2 Å². The van der Waals surface area contributed by atoms with Gasteiger partial charge in [-0.05, 0) is 55.2 Å². The van der Waals surface area contributed by atoms with E-state index in [1.54, 1.807) is 30.3 Å². The van der Waals surface area contributed by atoms with Crippen molar-refractivity contribution < 1.29 is 14.0 Å². The summed E-state index contributed by atoms with van der Waals surface area (Å²) in [6.07, 6.45) is 4.26. The van der Waals surface area contributed by atoms with Gasteiger partial charge in [-0.15, -0.1) is 0 Å². The van der Waals surface area contributed by atoms with Crippen molar-refractivity contribution >= 4 is 17.5 Å². The highest BCUT2D eigenvalue weighted by atomic mass is 19.1. The Morgan fingerprint density at radius 3 is 2.86 bits per heavy atom. The number of halogens is 1. The molecule has 2 amide bonds. The Hall–Kier alpha value is -2.89. The number of hydrogen-bond acceptors (Lipinski definition) is 3. The smallest absolute Gasteiger partial charge is 0.257 e. The number of nitrogens with one attached hydrogen (secondary N) is 1. The number of hydrogen-bond donors (Lipinski definition) is 1. The fourth-order valence-corrected chi connectivity index (χ4v) is 4.12. The van der Waals surface area contributed by atoms with E-state index in [2.05, 4.69) is 10.2 Å². The predicted molar refractivity (Wildman–Crippen MR) is 106 cm³/mol. The molecule has 2 aliphatic rings. The molecule has 1 fully saturated rings. The van der Waals surface area contributed by atoms with Crippen molar-refractivity contribution in [1.82, 2.24) is 10.2 Å². The number of carbonyl (C=O) groups excluding carboxylic acids is 2. The third-order valence-corrected chi connectivity index (χ3v) is 5.64. The van der Waals surface area contributed by atoms with E-state index in [0.717, 1.165) is 37.9 Å². The van der Waals surface area contributed by atoms with Crippen molar-refractivity contribution in [3.63, 3.8) is 0 Å². The molecule has 1 N–H and O–H groups in total. The van der Waals surface area contributed by atoms with Crippen LogP contribution in [0.15, 0.2) is 42.5 Å². The van der Waals surface area contributed by atoms with Gasteiger partial charge in [0.1, 0.15) is 12.0 Å². The van der Waals surface area contributed by atoms with Gasteiger partial charge in [0.15, 0.2) is 0 Å². The average Bonchev–Trinajstić information content (AvgIpc) is 2.96. The number of anilines is 1. The first-order valence-corrected chi connectivity index (χ1v) is 9.75. The summed E-state index contributed by atoms with van der Waals surface area (Å²) < 4.78 is 13.3. The number of fused-ring (bicyclic) bond motifs is 2. The van der Waals surface area contributed by atoms with Crippen LogP contribution in [0.25, 0.3) is 0 Å². The molecule has 2 heterocycles. The van der Waals surface area contributed by atoms with Crippen LogP contribution in [-0.4, -0.2) is 36.5 Å². The maximum atomic E-state index is 13.3. The largest absolute Gasteiger partial charge is 0.354 e. The van der Waals surface area contributed by atoms with Crippen molar-refractivity contribution in [3.05, 3.63) is 65.0 Å². The highest BCUT2D eigenvalue weighted by Gasteiger charge is 2.36. The SMILES string of the molecule is CN1c2cc(C(=O)NCc3cccc(F)c3)ccc2C(=O)N2CCCCCC21. The van der Waals surface area contributed by atoms with Gasteiger partial charge in [0.25, 0.3) is 11.8 Å².